The van der Waals surface area contributed by atoms with E-state index in [-0.39, 0.29) is 0 Å². The van der Waals surface area contributed by atoms with Crippen molar-refractivity contribution in [3.05, 3.63) is 54.4 Å². The Balaban J connectivity index is 2.21. The second-order valence-electron chi connectivity index (χ2n) is 3.37. The van der Waals surface area contributed by atoms with Crippen molar-refractivity contribution in [3.8, 4) is 0 Å². The molecule has 1 aromatic rings. The SMILES string of the molecule is O=C(O)NC1=CC(c2ccncc2)=CC[CH]1. The molecular formula is C12H11N2O2. The number of carboxylic acid groups (broad SMARTS) is 1. The van der Waals surface area contributed by atoms with Gasteiger partial charge in [0, 0.05) is 24.5 Å². The Hall–Kier alpha value is -2.10. The minimum Gasteiger partial charge on any atom is -0.465 e. The van der Waals surface area contributed by atoms with Gasteiger partial charge in [-0.2, -0.15) is 0 Å². The van der Waals surface area contributed by atoms with Crippen LogP contribution in [0.25, 0.3) is 5.57 Å². The highest BCUT2D eigenvalue weighted by Gasteiger charge is 2.09. The fraction of sp³-hybridized carbons (Fsp3) is 0.0833. The van der Waals surface area contributed by atoms with Crippen molar-refractivity contribution in [1.82, 2.24) is 10.3 Å². The molecule has 2 N–H and O–H groups in total. The molecule has 16 heavy (non-hydrogen) atoms. The third-order valence-corrected chi connectivity index (χ3v) is 2.25. The predicted octanol–water partition coefficient (Wildman–Crippen LogP) is 2.22. The molecule has 2 rings (SSSR count). The molecule has 81 valence electrons. The lowest BCUT2D eigenvalue weighted by Crippen LogP contribution is -2.21. The van der Waals surface area contributed by atoms with Crippen molar-refractivity contribution in [2.75, 3.05) is 0 Å². The lowest BCUT2D eigenvalue weighted by Gasteiger charge is -2.13. The molecule has 0 aliphatic heterocycles. The van der Waals surface area contributed by atoms with Gasteiger partial charge in [0.25, 0.3) is 0 Å². The molecule has 0 spiro atoms. The summed E-state index contributed by atoms with van der Waals surface area (Å²) < 4.78 is 0. The van der Waals surface area contributed by atoms with Gasteiger partial charge in [0.1, 0.15) is 0 Å². The first-order valence-corrected chi connectivity index (χ1v) is 4.91. The van der Waals surface area contributed by atoms with Crippen LogP contribution in [-0.4, -0.2) is 16.2 Å². The van der Waals surface area contributed by atoms with Crippen LogP contribution in [0.2, 0.25) is 0 Å². The van der Waals surface area contributed by atoms with Crippen LogP contribution in [0.5, 0.6) is 0 Å². The van der Waals surface area contributed by atoms with E-state index in [0.717, 1.165) is 17.6 Å². The normalized spacial score (nSPS) is 15.0. The standard InChI is InChI=1S/C12H11N2O2/c15-12(16)14-11-3-1-2-10(8-11)9-4-6-13-7-5-9/h2-8,14H,1H2,(H,15,16). The quantitative estimate of drug-likeness (QED) is 0.795. The second kappa shape index (κ2) is 4.61. The number of nitrogens with zero attached hydrogens (tertiary/aromatic N) is 1. The number of allylic oxidation sites excluding steroid dienone is 4. The second-order valence-corrected chi connectivity index (χ2v) is 3.37. The smallest absolute Gasteiger partial charge is 0.408 e. The predicted molar refractivity (Wildman–Crippen MR) is 60.4 cm³/mol. The zero-order valence-corrected chi connectivity index (χ0v) is 8.55. The Morgan fingerprint density at radius 1 is 1.38 bits per heavy atom. The number of hydrogen-bond donors (Lipinski definition) is 2. The van der Waals surface area contributed by atoms with Crippen molar-refractivity contribution < 1.29 is 9.90 Å². The number of carbonyl (C=O) groups is 1. The molecule has 1 aliphatic carbocycles. The van der Waals surface area contributed by atoms with Gasteiger partial charge in [-0.15, -0.1) is 0 Å². The fourth-order valence-electron chi connectivity index (χ4n) is 1.55. The highest BCUT2D eigenvalue weighted by atomic mass is 16.4. The maximum atomic E-state index is 10.5. The first-order valence-electron chi connectivity index (χ1n) is 4.91. The number of nitrogens with one attached hydrogen (secondary N) is 1. The minimum absolute atomic E-state index is 0.613. The number of rotatable bonds is 2. The lowest BCUT2D eigenvalue weighted by molar-refractivity contribution is 0.197. The summed E-state index contributed by atoms with van der Waals surface area (Å²) in [6.45, 7) is 0. The van der Waals surface area contributed by atoms with Gasteiger partial charge in [-0.05, 0) is 35.8 Å². The summed E-state index contributed by atoms with van der Waals surface area (Å²) in [5.74, 6) is 0. The highest BCUT2D eigenvalue weighted by Crippen LogP contribution is 2.22. The Morgan fingerprint density at radius 3 is 2.81 bits per heavy atom. The van der Waals surface area contributed by atoms with Gasteiger partial charge in [0.15, 0.2) is 0 Å². The van der Waals surface area contributed by atoms with E-state index < -0.39 is 6.09 Å². The zero-order chi connectivity index (χ0) is 11.4. The van der Waals surface area contributed by atoms with Gasteiger partial charge in [0.05, 0.1) is 0 Å². The Morgan fingerprint density at radius 2 is 2.12 bits per heavy atom. The van der Waals surface area contributed by atoms with E-state index in [2.05, 4.69) is 10.3 Å². The van der Waals surface area contributed by atoms with Crippen LogP contribution in [0.3, 0.4) is 0 Å². The van der Waals surface area contributed by atoms with E-state index in [0.29, 0.717) is 5.70 Å². The molecule has 1 aliphatic rings. The van der Waals surface area contributed by atoms with E-state index in [1.165, 1.54) is 0 Å². The molecule has 0 aromatic carbocycles. The third kappa shape index (κ3) is 2.48. The van der Waals surface area contributed by atoms with Crippen LogP contribution in [0.1, 0.15) is 12.0 Å². The largest absolute Gasteiger partial charge is 0.465 e. The van der Waals surface area contributed by atoms with Crippen LogP contribution < -0.4 is 5.32 Å². The van der Waals surface area contributed by atoms with Crippen LogP contribution in [0, 0.1) is 6.42 Å². The van der Waals surface area contributed by atoms with E-state index in [1.807, 2.05) is 30.7 Å². The molecule has 1 aromatic heterocycles. The summed E-state index contributed by atoms with van der Waals surface area (Å²) in [4.78, 5) is 14.5. The molecule has 4 heteroatoms. The summed E-state index contributed by atoms with van der Waals surface area (Å²) >= 11 is 0. The molecule has 0 bridgehead atoms. The van der Waals surface area contributed by atoms with E-state index >= 15 is 0 Å². The van der Waals surface area contributed by atoms with Gasteiger partial charge in [-0.1, -0.05) is 6.08 Å². The van der Waals surface area contributed by atoms with Crippen LogP contribution in [0.15, 0.2) is 42.4 Å². The summed E-state index contributed by atoms with van der Waals surface area (Å²) in [5, 5.41) is 11.0. The topological polar surface area (TPSA) is 62.2 Å². The first kappa shape index (κ1) is 10.4. The summed E-state index contributed by atoms with van der Waals surface area (Å²) in [7, 11) is 0. The molecule has 0 saturated carbocycles. The van der Waals surface area contributed by atoms with Crippen molar-refractivity contribution in [2.45, 2.75) is 6.42 Å². The van der Waals surface area contributed by atoms with E-state index in [9.17, 15) is 4.79 Å². The van der Waals surface area contributed by atoms with Gasteiger partial charge < -0.3 is 5.11 Å². The van der Waals surface area contributed by atoms with Crippen molar-refractivity contribution in [1.29, 1.82) is 0 Å². The molecule has 1 amide bonds. The van der Waals surface area contributed by atoms with Gasteiger partial charge in [-0.3, -0.25) is 10.3 Å². The number of hydrogen-bond acceptors (Lipinski definition) is 2. The lowest BCUT2D eigenvalue weighted by atomic mass is 9.98. The Bertz CT molecular complexity index is 449. The molecule has 0 saturated heterocycles. The van der Waals surface area contributed by atoms with Crippen molar-refractivity contribution >= 4 is 11.7 Å². The number of amides is 1. The Labute approximate surface area is 93.3 Å². The van der Waals surface area contributed by atoms with E-state index in [1.54, 1.807) is 12.4 Å². The fourth-order valence-corrected chi connectivity index (χ4v) is 1.55. The maximum absolute atomic E-state index is 10.5. The number of pyridine rings is 1. The molecule has 1 heterocycles. The highest BCUT2D eigenvalue weighted by molar-refractivity contribution is 5.78. The molecule has 0 fully saturated rings. The van der Waals surface area contributed by atoms with Crippen LogP contribution >= 0.6 is 0 Å². The van der Waals surface area contributed by atoms with Crippen LogP contribution in [-0.2, 0) is 0 Å². The minimum atomic E-state index is -1.04. The Kier molecular flexibility index (Phi) is 3.00. The molecule has 4 nitrogen and oxygen atoms in total. The summed E-state index contributed by atoms with van der Waals surface area (Å²) in [6.07, 6.45) is 8.80. The van der Waals surface area contributed by atoms with Gasteiger partial charge in [-0.25, -0.2) is 4.79 Å². The van der Waals surface area contributed by atoms with Crippen molar-refractivity contribution in [3.63, 3.8) is 0 Å². The molecule has 0 atom stereocenters. The van der Waals surface area contributed by atoms with Gasteiger partial charge in [0.2, 0.25) is 0 Å². The zero-order valence-electron chi connectivity index (χ0n) is 8.55. The average Bonchev–Trinajstić information content (AvgIpc) is 2.30. The maximum Gasteiger partial charge on any atom is 0.408 e. The third-order valence-electron chi connectivity index (χ3n) is 2.25. The molecule has 1 radical (unpaired) electrons. The van der Waals surface area contributed by atoms with Crippen molar-refractivity contribution in [2.24, 2.45) is 0 Å². The molecule has 0 unspecified atom stereocenters. The number of aromatic nitrogens is 1. The molecular weight excluding hydrogens is 204 g/mol. The summed E-state index contributed by atoms with van der Waals surface area (Å²) in [6, 6.07) is 3.79. The first-order chi connectivity index (χ1) is 7.75. The monoisotopic (exact) mass is 215 g/mol. The van der Waals surface area contributed by atoms with E-state index in [4.69, 9.17) is 5.11 Å². The van der Waals surface area contributed by atoms with Gasteiger partial charge >= 0.3 is 6.09 Å². The average molecular weight is 215 g/mol. The van der Waals surface area contributed by atoms with Crippen LogP contribution in [0.4, 0.5) is 4.79 Å². The summed E-state index contributed by atoms with van der Waals surface area (Å²) in [5.41, 5.74) is 2.66.